The quantitative estimate of drug-likeness (QED) is 0.780. The molecule has 1 atom stereocenters. The summed E-state index contributed by atoms with van der Waals surface area (Å²) in [5.41, 5.74) is -0.428. The summed E-state index contributed by atoms with van der Waals surface area (Å²) >= 11 is 0. The van der Waals surface area contributed by atoms with Gasteiger partial charge in [-0.1, -0.05) is 13.8 Å². The summed E-state index contributed by atoms with van der Waals surface area (Å²) < 4.78 is 11.2. The summed E-state index contributed by atoms with van der Waals surface area (Å²) in [6, 6.07) is 0. The van der Waals surface area contributed by atoms with Gasteiger partial charge in [-0.2, -0.15) is 0 Å². The summed E-state index contributed by atoms with van der Waals surface area (Å²) in [6.45, 7) is 12.1. The number of hydrogen-bond acceptors (Lipinski definition) is 3. The van der Waals surface area contributed by atoms with Gasteiger partial charge in [0.25, 0.3) is 0 Å². The van der Waals surface area contributed by atoms with E-state index in [1.807, 2.05) is 20.8 Å². The first-order chi connectivity index (χ1) is 8.28. The minimum Gasteiger partial charge on any atom is -0.444 e. The van der Waals surface area contributed by atoms with Crippen LogP contribution < -0.4 is 0 Å². The molecule has 0 aromatic heterocycles. The second-order valence-electron chi connectivity index (χ2n) is 6.42. The maximum absolute atomic E-state index is 11.9. The summed E-state index contributed by atoms with van der Waals surface area (Å²) in [5, 5.41) is 0. The number of hydrogen-bond donors (Lipinski definition) is 0. The van der Waals surface area contributed by atoms with E-state index in [-0.39, 0.29) is 12.2 Å². The molecule has 4 heteroatoms. The lowest BCUT2D eigenvalue weighted by atomic mass is 10.1. The molecule has 0 N–H and O–H groups in total. The van der Waals surface area contributed by atoms with Gasteiger partial charge in [-0.15, -0.1) is 0 Å². The van der Waals surface area contributed by atoms with Crippen molar-refractivity contribution >= 4 is 6.09 Å². The van der Waals surface area contributed by atoms with Crippen molar-refractivity contribution in [3.63, 3.8) is 0 Å². The van der Waals surface area contributed by atoms with Crippen LogP contribution in [0.5, 0.6) is 0 Å². The molecule has 106 valence electrons. The van der Waals surface area contributed by atoms with Crippen molar-refractivity contribution in [2.75, 3.05) is 19.7 Å². The van der Waals surface area contributed by atoms with Crippen LogP contribution in [0.25, 0.3) is 0 Å². The molecule has 18 heavy (non-hydrogen) atoms. The zero-order valence-corrected chi connectivity index (χ0v) is 12.4. The number of piperidine rings is 1. The number of carbonyl (C=O) groups excluding carboxylic acids is 1. The van der Waals surface area contributed by atoms with E-state index >= 15 is 0 Å². The first kappa shape index (κ1) is 15.3. The highest BCUT2D eigenvalue weighted by Gasteiger charge is 2.27. The minimum atomic E-state index is -0.428. The van der Waals surface area contributed by atoms with E-state index in [0.29, 0.717) is 12.5 Å². The lowest BCUT2D eigenvalue weighted by Crippen LogP contribution is -2.45. The van der Waals surface area contributed by atoms with Gasteiger partial charge in [0.05, 0.1) is 12.6 Å². The predicted octanol–water partition coefficient (Wildman–Crippen LogP) is 3.06. The Labute approximate surface area is 111 Å². The van der Waals surface area contributed by atoms with Gasteiger partial charge in [0.15, 0.2) is 0 Å². The lowest BCUT2D eigenvalue weighted by Gasteiger charge is -2.34. The van der Waals surface area contributed by atoms with Crippen molar-refractivity contribution in [2.24, 2.45) is 5.92 Å². The molecule has 1 amide bonds. The minimum absolute atomic E-state index is 0.161. The Morgan fingerprint density at radius 2 is 2.06 bits per heavy atom. The Hall–Kier alpha value is -0.770. The van der Waals surface area contributed by atoms with E-state index in [2.05, 4.69) is 13.8 Å². The van der Waals surface area contributed by atoms with Crippen LogP contribution in [0.2, 0.25) is 0 Å². The van der Waals surface area contributed by atoms with Crippen molar-refractivity contribution in [1.29, 1.82) is 0 Å². The van der Waals surface area contributed by atoms with Gasteiger partial charge in [0.2, 0.25) is 0 Å². The van der Waals surface area contributed by atoms with Crippen molar-refractivity contribution in [3.05, 3.63) is 0 Å². The molecule has 0 aliphatic carbocycles. The van der Waals surface area contributed by atoms with Crippen molar-refractivity contribution in [3.8, 4) is 0 Å². The fourth-order valence-electron chi connectivity index (χ4n) is 1.90. The molecular weight excluding hydrogens is 230 g/mol. The first-order valence-electron chi connectivity index (χ1n) is 6.87. The molecule has 1 saturated heterocycles. The molecule has 0 aromatic rings. The van der Waals surface area contributed by atoms with E-state index in [1.165, 1.54) is 0 Å². The number of carbonyl (C=O) groups is 1. The highest BCUT2D eigenvalue weighted by Crippen LogP contribution is 2.17. The van der Waals surface area contributed by atoms with Gasteiger partial charge >= 0.3 is 6.09 Å². The van der Waals surface area contributed by atoms with Crippen LogP contribution in [0.4, 0.5) is 4.79 Å². The standard InChI is InChI=1S/C14H27NO3/c1-11(2)10-17-12-7-6-8-15(9-12)13(16)18-14(3,4)5/h11-12H,6-10H2,1-5H3. The molecule has 1 aliphatic heterocycles. The molecule has 1 aliphatic rings. The van der Waals surface area contributed by atoms with Crippen LogP contribution >= 0.6 is 0 Å². The Morgan fingerprint density at radius 3 is 2.61 bits per heavy atom. The van der Waals surface area contributed by atoms with Gasteiger partial charge in [0.1, 0.15) is 5.60 Å². The van der Waals surface area contributed by atoms with Crippen LogP contribution in [0.3, 0.4) is 0 Å². The molecule has 1 heterocycles. The molecule has 0 spiro atoms. The third-order valence-corrected chi connectivity index (χ3v) is 2.70. The maximum Gasteiger partial charge on any atom is 0.410 e. The topological polar surface area (TPSA) is 38.8 Å². The Bertz CT molecular complexity index is 271. The second-order valence-corrected chi connectivity index (χ2v) is 6.42. The van der Waals surface area contributed by atoms with E-state index < -0.39 is 5.60 Å². The molecule has 0 radical (unpaired) electrons. The largest absolute Gasteiger partial charge is 0.444 e. The van der Waals surface area contributed by atoms with E-state index in [1.54, 1.807) is 4.90 Å². The van der Waals surface area contributed by atoms with Crippen LogP contribution in [-0.2, 0) is 9.47 Å². The van der Waals surface area contributed by atoms with E-state index in [0.717, 1.165) is 26.0 Å². The Balaban J connectivity index is 2.40. The van der Waals surface area contributed by atoms with Crippen molar-refractivity contribution < 1.29 is 14.3 Å². The summed E-state index contributed by atoms with van der Waals surface area (Å²) in [4.78, 5) is 13.7. The third-order valence-electron chi connectivity index (χ3n) is 2.70. The Morgan fingerprint density at radius 1 is 1.39 bits per heavy atom. The van der Waals surface area contributed by atoms with Gasteiger partial charge in [-0.25, -0.2) is 4.79 Å². The van der Waals surface area contributed by atoms with Crippen LogP contribution in [-0.4, -0.2) is 42.4 Å². The molecular formula is C14H27NO3. The third kappa shape index (κ3) is 5.71. The molecule has 1 unspecified atom stereocenters. The summed E-state index contributed by atoms with van der Waals surface area (Å²) in [7, 11) is 0. The zero-order chi connectivity index (χ0) is 13.8. The number of rotatable bonds is 3. The fraction of sp³-hybridized carbons (Fsp3) is 0.929. The highest BCUT2D eigenvalue weighted by atomic mass is 16.6. The normalized spacial score (nSPS) is 21.2. The monoisotopic (exact) mass is 257 g/mol. The van der Waals surface area contributed by atoms with Crippen molar-refractivity contribution in [2.45, 2.75) is 59.2 Å². The summed E-state index contributed by atoms with van der Waals surface area (Å²) in [5.74, 6) is 0.530. The smallest absolute Gasteiger partial charge is 0.410 e. The first-order valence-corrected chi connectivity index (χ1v) is 6.87. The number of nitrogens with zero attached hydrogens (tertiary/aromatic N) is 1. The number of ether oxygens (including phenoxy) is 2. The fourth-order valence-corrected chi connectivity index (χ4v) is 1.90. The average Bonchev–Trinajstić information content (AvgIpc) is 2.24. The van der Waals surface area contributed by atoms with Crippen molar-refractivity contribution in [1.82, 2.24) is 4.90 Å². The molecule has 0 bridgehead atoms. The molecule has 0 saturated carbocycles. The van der Waals surface area contributed by atoms with Crippen LogP contribution in [0.15, 0.2) is 0 Å². The summed E-state index contributed by atoms with van der Waals surface area (Å²) in [6.07, 6.45) is 1.96. The molecule has 4 nitrogen and oxygen atoms in total. The SMILES string of the molecule is CC(C)COC1CCCN(C(=O)OC(C)(C)C)C1. The predicted molar refractivity (Wildman–Crippen MR) is 71.6 cm³/mol. The zero-order valence-electron chi connectivity index (χ0n) is 12.4. The van der Waals surface area contributed by atoms with Gasteiger partial charge < -0.3 is 14.4 Å². The van der Waals surface area contributed by atoms with Gasteiger partial charge in [0, 0.05) is 13.2 Å². The highest BCUT2D eigenvalue weighted by molar-refractivity contribution is 5.68. The second kappa shape index (κ2) is 6.41. The van der Waals surface area contributed by atoms with Crippen LogP contribution in [0.1, 0.15) is 47.5 Å². The van der Waals surface area contributed by atoms with E-state index in [9.17, 15) is 4.79 Å². The Kier molecular flexibility index (Phi) is 5.45. The number of amides is 1. The maximum atomic E-state index is 11.9. The molecule has 0 aromatic carbocycles. The van der Waals surface area contributed by atoms with E-state index in [4.69, 9.17) is 9.47 Å². The lowest BCUT2D eigenvalue weighted by molar-refractivity contribution is -0.0265. The molecule has 1 rings (SSSR count). The molecule has 1 fully saturated rings. The van der Waals surface area contributed by atoms with Crippen LogP contribution in [0, 0.1) is 5.92 Å². The van der Waals surface area contributed by atoms with Gasteiger partial charge in [-0.05, 0) is 39.5 Å². The van der Waals surface area contributed by atoms with Gasteiger partial charge in [-0.3, -0.25) is 0 Å². The average molecular weight is 257 g/mol. The number of likely N-dealkylation sites (tertiary alicyclic amines) is 1.